The highest BCUT2D eigenvalue weighted by Gasteiger charge is 2.90. The van der Waals surface area contributed by atoms with Gasteiger partial charge in [-0.25, -0.2) is 4.57 Å². The van der Waals surface area contributed by atoms with Crippen LogP contribution in [0.25, 0.3) is 0 Å². The van der Waals surface area contributed by atoms with E-state index in [1.807, 2.05) is 0 Å². The molecule has 0 spiro atoms. The van der Waals surface area contributed by atoms with E-state index in [0.717, 1.165) is 17.0 Å². The van der Waals surface area contributed by atoms with Gasteiger partial charge in [0.2, 0.25) is 0 Å². The molecule has 1 rings (SSSR count). The Morgan fingerprint density at radius 2 is 0.926 bits per heavy atom. The Labute approximate surface area is 142 Å². The third kappa shape index (κ3) is 3.66. The van der Waals surface area contributed by atoms with E-state index in [1.165, 1.54) is 18.2 Å². The van der Waals surface area contributed by atoms with Crippen LogP contribution in [0, 0.1) is 0 Å². The first kappa shape index (κ1) is 23.3. The fourth-order valence-corrected chi connectivity index (χ4v) is 1.81. The Kier molecular flexibility index (Phi) is 5.77. The zero-order chi connectivity index (χ0) is 21.5. The number of pyridine rings is 1. The first-order valence-corrected chi connectivity index (χ1v) is 6.73. The van der Waals surface area contributed by atoms with Gasteiger partial charge in [0.05, 0.1) is 6.42 Å². The molecule has 0 saturated carbocycles. The van der Waals surface area contributed by atoms with Gasteiger partial charge in [0.1, 0.15) is 0 Å². The quantitative estimate of drug-likeness (QED) is 0.422. The van der Waals surface area contributed by atoms with Crippen LogP contribution in [0.2, 0.25) is 0 Å². The molecule has 0 atom stereocenters. The van der Waals surface area contributed by atoms with E-state index in [0.29, 0.717) is 0 Å². The van der Waals surface area contributed by atoms with Crippen LogP contribution in [-0.4, -0.2) is 35.8 Å². The van der Waals surface area contributed by atoms with Gasteiger partial charge in [-0.1, -0.05) is 6.07 Å². The van der Waals surface area contributed by atoms with Crippen LogP contribution in [0.5, 0.6) is 0 Å². The number of hydrogen-bond acceptors (Lipinski definition) is 0. The molecular formula is C13H9F13N+. The van der Waals surface area contributed by atoms with Crippen LogP contribution in [-0.2, 0) is 6.54 Å². The minimum Gasteiger partial charge on any atom is -0.205 e. The summed E-state index contributed by atoms with van der Waals surface area (Å²) in [4.78, 5) is 0. The smallest absolute Gasteiger partial charge is 0.205 e. The maximum absolute atomic E-state index is 13.5. The number of aryl methyl sites for hydroxylation is 1. The fourth-order valence-electron chi connectivity index (χ4n) is 1.81. The van der Waals surface area contributed by atoms with Crippen molar-refractivity contribution in [3.63, 3.8) is 0 Å². The second kappa shape index (κ2) is 6.69. The van der Waals surface area contributed by atoms with Crippen molar-refractivity contribution in [1.82, 2.24) is 0 Å². The van der Waals surface area contributed by atoms with Crippen molar-refractivity contribution in [3.8, 4) is 0 Å². The molecule has 0 saturated heterocycles. The molecule has 0 aromatic carbocycles. The predicted molar refractivity (Wildman–Crippen MR) is 62.0 cm³/mol. The summed E-state index contributed by atoms with van der Waals surface area (Å²) in [5, 5.41) is 0. The summed E-state index contributed by atoms with van der Waals surface area (Å²) in [7, 11) is 0. The van der Waals surface area contributed by atoms with Crippen LogP contribution in [0.15, 0.2) is 30.6 Å². The second-order valence-corrected chi connectivity index (χ2v) is 5.36. The minimum absolute atomic E-state index is 0.741. The van der Waals surface area contributed by atoms with Crippen LogP contribution in [0.1, 0.15) is 6.42 Å². The SMILES string of the molecule is FC(F)(F)C(F)(F)C(F)(F)C(F)(F)C(F)(F)C(F)(F)CC[n+]1ccccc1. The Hall–Kier alpha value is -1.76. The Balaban J connectivity index is 3.24. The standard InChI is InChI=1S/C13H9F13N/c14-8(15,4-7-27-5-2-1-3-6-27)9(16,17)10(18,19)11(20,21)12(22,23)13(24,25)26/h1-3,5-6H,4,7H2/q+1. The molecule has 156 valence electrons. The molecule has 0 unspecified atom stereocenters. The predicted octanol–water partition coefficient (Wildman–Crippen LogP) is 5.10. The highest BCUT2D eigenvalue weighted by atomic mass is 19.4. The zero-order valence-electron chi connectivity index (χ0n) is 12.7. The number of hydrogen-bond donors (Lipinski definition) is 0. The molecule has 1 aromatic rings. The van der Waals surface area contributed by atoms with E-state index < -0.39 is 48.8 Å². The number of halogens is 13. The summed E-state index contributed by atoms with van der Waals surface area (Å²) in [6, 6.07) is 3.74. The van der Waals surface area contributed by atoms with Gasteiger partial charge in [0.15, 0.2) is 18.9 Å². The highest BCUT2D eigenvalue weighted by Crippen LogP contribution is 2.60. The van der Waals surface area contributed by atoms with Gasteiger partial charge in [-0.3, -0.25) is 0 Å². The van der Waals surface area contributed by atoms with Gasteiger partial charge in [-0.15, -0.1) is 0 Å². The minimum atomic E-state index is -7.86. The Morgan fingerprint density at radius 1 is 0.519 bits per heavy atom. The van der Waals surface area contributed by atoms with Crippen molar-refractivity contribution in [3.05, 3.63) is 30.6 Å². The molecule has 0 N–H and O–H groups in total. The number of rotatable bonds is 7. The van der Waals surface area contributed by atoms with Crippen LogP contribution < -0.4 is 4.57 Å². The maximum Gasteiger partial charge on any atom is 0.460 e. The molecule has 1 aromatic heterocycles. The number of aromatic nitrogens is 1. The topological polar surface area (TPSA) is 3.88 Å². The summed E-state index contributed by atoms with van der Waals surface area (Å²) in [5.74, 6) is -36.6. The molecule has 0 fully saturated rings. The third-order valence-electron chi connectivity index (χ3n) is 3.46. The number of nitrogens with zero attached hydrogens (tertiary/aromatic N) is 1. The van der Waals surface area contributed by atoms with E-state index in [4.69, 9.17) is 0 Å². The lowest BCUT2D eigenvalue weighted by Gasteiger charge is -2.39. The van der Waals surface area contributed by atoms with Crippen LogP contribution in [0.3, 0.4) is 0 Å². The van der Waals surface area contributed by atoms with Gasteiger partial charge in [-0.2, -0.15) is 57.1 Å². The summed E-state index contributed by atoms with van der Waals surface area (Å²) in [6.45, 7) is -1.15. The lowest BCUT2D eigenvalue weighted by Crippen LogP contribution is -2.70. The molecule has 1 nitrogen and oxygen atoms in total. The highest BCUT2D eigenvalue weighted by molar-refractivity contribution is 5.10. The van der Waals surface area contributed by atoms with Crippen LogP contribution >= 0.6 is 0 Å². The molecule has 0 amide bonds. The lowest BCUT2D eigenvalue weighted by atomic mass is 9.92. The summed E-state index contributed by atoms with van der Waals surface area (Å²) in [5.41, 5.74) is 0. The van der Waals surface area contributed by atoms with Gasteiger partial charge in [0, 0.05) is 12.1 Å². The van der Waals surface area contributed by atoms with Crippen molar-refractivity contribution < 1.29 is 61.6 Å². The van der Waals surface area contributed by atoms with Gasteiger partial charge in [-0.05, 0) is 0 Å². The van der Waals surface area contributed by atoms with Crippen molar-refractivity contribution in [2.45, 2.75) is 48.8 Å². The molecule has 0 radical (unpaired) electrons. The third-order valence-corrected chi connectivity index (χ3v) is 3.46. The zero-order valence-corrected chi connectivity index (χ0v) is 12.7. The van der Waals surface area contributed by atoms with E-state index in [9.17, 15) is 57.1 Å². The Morgan fingerprint density at radius 3 is 1.33 bits per heavy atom. The molecule has 0 aliphatic carbocycles. The van der Waals surface area contributed by atoms with Gasteiger partial charge in [0.25, 0.3) is 0 Å². The van der Waals surface area contributed by atoms with Gasteiger partial charge < -0.3 is 0 Å². The van der Waals surface area contributed by atoms with Gasteiger partial charge >= 0.3 is 35.8 Å². The summed E-state index contributed by atoms with van der Waals surface area (Å²) < 4.78 is 168. The van der Waals surface area contributed by atoms with Crippen molar-refractivity contribution >= 4 is 0 Å². The van der Waals surface area contributed by atoms with Crippen LogP contribution in [0.4, 0.5) is 57.1 Å². The summed E-state index contributed by atoms with van der Waals surface area (Å²) in [6.07, 6.45) is -7.65. The molecule has 14 heteroatoms. The molecule has 0 bridgehead atoms. The normalized spacial score (nSPS) is 15.1. The monoisotopic (exact) mass is 426 g/mol. The molecule has 1 heterocycles. The Bertz CT molecular complexity index is 635. The fraction of sp³-hybridized carbons (Fsp3) is 0.615. The van der Waals surface area contributed by atoms with E-state index in [2.05, 4.69) is 0 Å². The molecule has 0 aliphatic rings. The average Bonchev–Trinajstić information content (AvgIpc) is 2.52. The molecule has 27 heavy (non-hydrogen) atoms. The largest absolute Gasteiger partial charge is 0.460 e. The second-order valence-electron chi connectivity index (χ2n) is 5.36. The van der Waals surface area contributed by atoms with Crippen molar-refractivity contribution in [2.75, 3.05) is 0 Å². The van der Waals surface area contributed by atoms with E-state index in [1.54, 1.807) is 0 Å². The average molecular weight is 426 g/mol. The first-order valence-electron chi connectivity index (χ1n) is 6.73. The van der Waals surface area contributed by atoms with E-state index in [-0.39, 0.29) is 0 Å². The molecule has 0 aliphatic heterocycles. The van der Waals surface area contributed by atoms with Crippen molar-refractivity contribution in [1.29, 1.82) is 0 Å². The first-order chi connectivity index (χ1) is 11.8. The molecular weight excluding hydrogens is 417 g/mol. The lowest BCUT2D eigenvalue weighted by molar-refractivity contribution is -0.700. The summed E-state index contributed by atoms with van der Waals surface area (Å²) >= 11 is 0. The number of alkyl halides is 13. The van der Waals surface area contributed by atoms with Crippen molar-refractivity contribution in [2.24, 2.45) is 0 Å². The van der Waals surface area contributed by atoms with E-state index >= 15 is 0 Å². The maximum atomic E-state index is 13.5.